The van der Waals surface area contributed by atoms with E-state index in [0.29, 0.717) is 18.9 Å². The number of carbonyl (C=O) groups excluding carboxylic acids is 1. The van der Waals surface area contributed by atoms with E-state index in [9.17, 15) is 14.7 Å². The van der Waals surface area contributed by atoms with Gasteiger partial charge in [0.05, 0.1) is 0 Å². The summed E-state index contributed by atoms with van der Waals surface area (Å²) in [5.74, 6) is -0.274. The molecule has 1 aliphatic carbocycles. The van der Waals surface area contributed by atoms with Crippen LogP contribution in [-0.2, 0) is 4.79 Å². The molecule has 2 rings (SSSR count). The van der Waals surface area contributed by atoms with E-state index < -0.39 is 12.0 Å². The molecule has 1 N–H and O–H groups in total. The van der Waals surface area contributed by atoms with Gasteiger partial charge in [0.15, 0.2) is 0 Å². The van der Waals surface area contributed by atoms with Crippen molar-refractivity contribution in [2.24, 2.45) is 5.92 Å². The van der Waals surface area contributed by atoms with Crippen LogP contribution in [0.1, 0.15) is 44.9 Å². The van der Waals surface area contributed by atoms with Gasteiger partial charge >= 0.3 is 12.0 Å². The van der Waals surface area contributed by atoms with Crippen molar-refractivity contribution in [3.05, 3.63) is 0 Å². The summed E-state index contributed by atoms with van der Waals surface area (Å²) in [6.07, 6.45) is 7.29. The van der Waals surface area contributed by atoms with E-state index >= 15 is 0 Å². The first-order valence-electron chi connectivity index (χ1n) is 7.34. The molecule has 0 aromatic carbocycles. The second-order valence-electron chi connectivity index (χ2n) is 5.86. The van der Waals surface area contributed by atoms with Gasteiger partial charge in [0.2, 0.25) is 0 Å². The Labute approximate surface area is 114 Å². The van der Waals surface area contributed by atoms with Crippen molar-refractivity contribution in [1.29, 1.82) is 0 Å². The molecule has 0 aromatic rings. The number of hydrogen-bond acceptors (Lipinski definition) is 2. The molecule has 1 atom stereocenters. The van der Waals surface area contributed by atoms with Gasteiger partial charge in [0, 0.05) is 20.1 Å². The maximum Gasteiger partial charge on any atom is 0.326 e. The molecule has 5 heteroatoms. The number of carbonyl (C=O) groups is 2. The van der Waals surface area contributed by atoms with Gasteiger partial charge in [-0.15, -0.1) is 0 Å². The van der Waals surface area contributed by atoms with Gasteiger partial charge in [-0.3, -0.25) is 0 Å². The first-order valence-corrected chi connectivity index (χ1v) is 7.34. The van der Waals surface area contributed by atoms with E-state index in [0.717, 1.165) is 19.4 Å². The van der Waals surface area contributed by atoms with Gasteiger partial charge in [-0.2, -0.15) is 0 Å². The van der Waals surface area contributed by atoms with Gasteiger partial charge in [0.25, 0.3) is 0 Å². The predicted molar refractivity (Wildman–Crippen MR) is 72.0 cm³/mol. The first-order chi connectivity index (χ1) is 9.09. The summed E-state index contributed by atoms with van der Waals surface area (Å²) >= 11 is 0. The van der Waals surface area contributed by atoms with E-state index in [1.807, 2.05) is 0 Å². The summed E-state index contributed by atoms with van der Waals surface area (Å²) in [7, 11) is 1.80. The minimum absolute atomic E-state index is 0.112. The van der Waals surface area contributed by atoms with E-state index in [1.54, 1.807) is 16.8 Å². The zero-order valence-electron chi connectivity index (χ0n) is 11.7. The number of likely N-dealkylation sites (tertiary alicyclic amines) is 1. The minimum atomic E-state index is -0.873. The second-order valence-corrected chi connectivity index (χ2v) is 5.86. The summed E-state index contributed by atoms with van der Waals surface area (Å²) in [6.45, 7) is 1.34. The molecule has 2 aliphatic rings. The van der Waals surface area contributed by atoms with Crippen LogP contribution < -0.4 is 0 Å². The highest BCUT2D eigenvalue weighted by molar-refractivity contribution is 5.82. The van der Waals surface area contributed by atoms with Crippen LogP contribution >= 0.6 is 0 Å². The van der Waals surface area contributed by atoms with Gasteiger partial charge < -0.3 is 14.9 Å². The number of rotatable bonds is 3. The number of hydrogen-bond donors (Lipinski definition) is 1. The molecule has 0 radical (unpaired) electrons. The number of nitrogens with zero attached hydrogens (tertiary/aromatic N) is 2. The predicted octanol–water partition coefficient (Wildman–Crippen LogP) is 2.17. The molecule has 2 amide bonds. The number of carboxylic acid groups (broad SMARTS) is 1. The Kier molecular flexibility index (Phi) is 4.66. The van der Waals surface area contributed by atoms with Crippen LogP contribution in [0.3, 0.4) is 0 Å². The highest BCUT2D eigenvalue weighted by Gasteiger charge is 2.34. The fraction of sp³-hybridized carbons (Fsp3) is 0.857. The number of amides is 2. The molecule has 1 saturated carbocycles. The van der Waals surface area contributed by atoms with Gasteiger partial charge in [-0.25, -0.2) is 9.59 Å². The van der Waals surface area contributed by atoms with Crippen LogP contribution in [0.25, 0.3) is 0 Å². The normalized spacial score (nSPS) is 24.5. The van der Waals surface area contributed by atoms with Crippen LogP contribution in [0.2, 0.25) is 0 Å². The molecule has 0 bridgehead atoms. The number of urea groups is 1. The van der Waals surface area contributed by atoms with Crippen LogP contribution in [-0.4, -0.2) is 53.1 Å². The Bertz CT molecular complexity index is 340. The zero-order valence-corrected chi connectivity index (χ0v) is 11.7. The fourth-order valence-electron chi connectivity index (χ4n) is 3.29. The van der Waals surface area contributed by atoms with Crippen LogP contribution in [0, 0.1) is 5.92 Å². The zero-order chi connectivity index (χ0) is 13.8. The lowest BCUT2D eigenvalue weighted by atomic mass is 10.0. The average molecular weight is 268 g/mol. The summed E-state index contributed by atoms with van der Waals surface area (Å²) in [4.78, 5) is 26.9. The lowest BCUT2D eigenvalue weighted by Gasteiger charge is -2.36. The number of aliphatic carboxylic acids is 1. The highest BCUT2D eigenvalue weighted by atomic mass is 16.4. The fourth-order valence-corrected chi connectivity index (χ4v) is 3.29. The van der Waals surface area contributed by atoms with Gasteiger partial charge in [0.1, 0.15) is 6.04 Å². The summed E-state index contributed by atoms with van der Waals surface area (Å²) < 4.78 is 0. The maximum atomic E-state index is 12.4. The highest BCUT2D eigenvalue weighted by Crippen LogP contribution is 2.26. The molecular formula is C14H24N2O3. The Balaban J connectivity index is 1.93. The first kappa shape index (κ1) is 14.2. The Morgan fingerprint density at radius 1 is 1.16 bits per heavy atom. The van der Waals surface area contributed by atoms with Crippen molar-refractivity contribution in [3.8, 4) is 0 Å². The maximum absolute atomic E-state index is 12.4. The third-order valence-corrected chi connectivity index (χ3v) is 4.37. The van der Waals surface area contributed by atoms with Gasteiger partial charge in [-0.1, -0.05) is 12.8 Å². The lowest BCUT2D eigenvalue weighted by molar-refractivity contribution is -0.143. The van der Waals surface area contributed by atoms with E-state index in [-0.39, 0.29) is 6.03 Å². The van der Waals surface area contributed by atoms with E-state index in [4.69, 9.17) is 0 Å². The van der Waals surface area contributed by atoms with Crippen molar-refractivity contribution < 1.29 is 14.7 Å². The van der Waals surface area contributed by atoms with Crippen molar-refractivity contribution in [1.82, 2.24) is 9.80 Å². The van der Waals surface area contributed by atoms with Crippen molar-refractivity contribution in [2.45, 2.75) is 51.0 Å². The van der Waals surface area contributed by atoms with Gasteiger partial charge in [-0.05, 0) is 38.0 Å². The molecule has 1 aliphatic heterocycles. The standard InChI is InChI=1S/C14H24N2O3/c1-15(10-11-6-2-3-7-11)14(19)16-9-5-4-8-12(16)13(17)18/h11-12H,2-10H2,1H3,(H,17,18). The summed E-state index contributed by atoms with van der Waals surface area (Å²) in [5, 5.41) is 9.21. The molecule has 1 unspecified atom stereocenters. The molecule has 0 aromatic heterocycles. The molecule has 108 valence electrons. The van der Waals surface area contributed by atoms with Crippen LogP contribution in [0.4, 0.5) is 4.79 Å². The smallest absolute Gasteiger partial charge is 0.326 e. The monoisotopic (exact) mass is 268 g/mol. The lowest BCUT2D eigenvalue weighted by Crippen LogP contribution is -2.52. The van der Waals surface area contributed by atoms with E-state index in [2.05, 4.69) is 0 Å². The summed E-state index contributed by atoms with van der Waals surface area (Å²) in [5.41, 5.74) is 0. The average Bonchev–Trinajstić information content (AvgIpc) is 2.90. The Morgan fingerprint density at radius 2 is 1.79 bits per heavy atom. The molecule has 0 spiro atoms. The molecule has 2 fully saturated rings. The second kappa shape index (κ2) is 6.26. The van der Waals surface area contributed by atoms with Crippen LogP contribution in [0.15, 0.2) is 0 Å². The van der Waals surface area contributed by atoms with Crippen molar-refractivity contribution >= 4 is 12.0 Å². The molecule has 1 saturated heterocycles. The number of carboxylic acids is 1. The summed E-state index contributed by atoms with van der Waals surface area (Å²) in [6, 6.07) is -0.744. The molecule has 1 heterocycles. The molecule has 19 heavy (non-hydrogen) atoms. The molecular weight excluding hydrogens is 244 g/mol. The van der Waals surface area contributed by atoms with Crippen molar-refractivity contribution in [3.63, 3.8) is 0 Å². The quantitative estimate of drug-likeness (QED) is 0.853. The van der Waals surface area contributed by atoms with E-state index in [1.165, 1.54) is 25.7 Å². The molecule has 5 nitrogen and oxygen atoms in total. The Hall–Kier alpha value is -1.26. The van der Waals surface area contributed by atoms with Crippen LogP contribution in [0.5, 0.6) is 0 Å². The number of piperidine rings is 1. The largest absolute Gasteiger partial charge is 0.480 e. The minimum Gasteiger partial charge on any atom is -0.480 e. The topological polar surface area (TPSA) is 60.9 Å². The SMILES string of the molecule is CN(CC1CCCC1)C(=O)N1CCCCC1C(=O)O. The third kappa shape index (κ3) is 3.39. The Morgan fingerprint density at radius 3 is 2.42 bits per heavy atom. The third-order valence-electron chi connectivity index (χ3n) is 4.37. The van der Waals surface area contributed by atoms with Crippen molar-refractivity contribution in [2.75, 3.05) is 20.1 Å².